The predicted octanol–water partition coefficient (Wildman–Crippen LogP) is 2.39. The van der Waals surface area contributed by atoms with E-state index < -0.39 is 11.6 Å². The molecule has 0 unspecified atom stereocenters. The highest BCUT2D eigenvalue weighted by molar-refractivity contribution is 5.76. The SMILES string of the molecule is COC1CCN(c2c(F)cc(C=O)cc2F)CC1. The Kier molecular flexibility index (Phi) is 3.91. The maximum absolute atomic E-state index is 13.8. The van der Waals surface area contributed by atoms with E-state index in [1.807, 2.05) is 0 Å². The number of carbonyl (C=O) groups excluding carboxylic acids is 1. The predicted molar refractivity (Wildman–Crippen MR) is 64.0 cm³/mol. The lowest BCUT2D eigenvalue weighted by molar-refractivity contribution is 0.0817. The van der Waals surface area contributed by atoms with Gasteiger partial charge in [-0.15, -0.1) is 0 Å². The quantitative estimate of drug-likeness (QED) is 0.777. The lowest BCUT2D eigenvalue weighted by Gasteiger charge is -2.33. The van der Waals surface area contributed by atoms with Crippen LogP contribution in [0.25, 0.3) is 0 Å². The Bertz CT molecular complexity index is 420. The van der Waals surface area contributed by atoms with Crippen LogP contribution in [0.4, 0.5) is 14.5 Å². The molecule has 0 saturated carbocycles. The van der Waals surface area contributed by atoms with E-state index in [4.69, 9.17) is 4.74 Å². The molecule has 1 aromatic rings. The molecule has 0 spiro atoms. The van der Waals surface area contributed by atoms with Gasteiger partial charge in [-0.1, -0.05) is 0 Å². The zero-order valence-corrected chi connectivity index (χ0v) is 10.2. The summed E-state index contributed by atoms with van der Waals surface area (Å²) in [6.45, 7) is 1.10. The van der Waals surface area contributed by atoms with Crippen molar-refractivity contribution in [2.24, 2.45) is 0 Å². The molecule has 1 aromatic carbocycles. The second-order valence-corrected chi connectivity index (χ2v) is 4.37. The molecule has 0 atom stereocenters. The molecule has 3 nitrogen and oxygen atoms in total. The zero-order valence-electron chi connectivity index (χ0n) is 10.2. The summed E-state index contributed by atoms with van der Waals surface area (Å²) < 4.78 is 32.8. The number of nitrogens with zero attached hydrogens (tertiary/aromatic N) is 1. The number of ether oxygens (including phenoxy) is 1. The van der Waals surface area contributed by atoms with Gasteiger partial charge in [-0.05, 0) is 25.0 Å². The molecule has 0 amide bonds. The molecule has 18 heavy (non-hydrogen) atoms. The fraction of sp³-hybridized carbons (Fsp3) is 0.462. The van der Waals surface area contributed by atoms with Crippen LogP contribution in [0.5, 0.6) is 0 Å². The Hall–Kier alpha value is -1.49. The first-order valence-corrected chi connectivity index (χ1v) is 5.87. The van der Waals surface area contributed by atoms with E-state index in [1.165, 1.54) is 0 Å². The minimum atomic E-state index is -0.687. The van der Waals surface area contributed by atoms with E-state index in [9.17, 15) is 13.6 Å². The number of anilines is 1. The minimum absolute atomic E-state index is 0.0144. The fourth-order valence-corrected chi connectivity index (χ4v) is 2.27. The van der Waals surface area contributed by atoms with Crippen molar-refractivity contribution in [1.82, 2.24) is 0 Å². The molecule has 2 rings (SSSR count). The lowest BCUT2D eigenvalue weighted by Crippen LogP contribution is -2.37. The van der Waals surface area contributed by atoms with Crippen LogP contribution in [-0.4, -0.2) is 32.6 Å². The average molecular weight is 255 g/mol. The molecule has 0 aromatic heterocycles. The highest BCUT2D eigenvalue weighted by Gasteiger charge is 2.23. The Morgan fingerprint density at radius 1 is 1.28 bits per heavy atom. The number of methoxy groups -OCH3 is 1. The van der Waals surface area contributed by atoms with E-state index in [-0.39, 0.29) is 17.4 Å². The molecule has 1 heterocycles. The van der Waals surface area contributed by atoms with E-state index in [0.29, 0.717) is 19.4 Å². The summed E-state index contributed by atoms with van der Waals surface area (Å²) in [5.74, 6) is -1.37. The molecule has 1 saturated heterocycles. The summed E-state index contributed by atoms with van der Waals surface area (Å²) in [4.78, 5) is 12.2. The van der Waals surface area contributed by atoms with Gasteiger partial charge in [0.15, 0.2) is 0 Å². The van der Waals surface area contributed by atoms with Crippen molar-refractivity contribution in [3.05, 3.63) is 29.3 Å². The van der Waals surface area contributed by atoms with Crippen molar-refractivity contribution in [2.45, 2.75) is 18.9 Å². The number of aldehydes is 1. The Balaban J connectivity index is 2.21. The van der Waals surface area contributed by atoms with Crippen LogP contribution in [0.2, 0.25) is 0 Å². The summed E-state index contributed by atoms with van der Waals surface area (Å²) in [5, 5.41) is 0. The second kappa shape index (κ2) is 5.44. The van der Waals surface area contributed by atoms with E-state index in [2.05, 4.69) is 0 Å². The van der Waals surface area contributed by atoms with Crippen LogP contribution < -0.4 is 4.90 Å². The van der Waals surface area contributed by atoms with Gasteiger partial charge in [-0.25, -0.2) is 8.78 Å². The van der Waals surface area contributed by atoms with Gasteiger partial charge >= 0.3 is 0 Å². The van der Waals surface area contributed by atoms with Gasteiger partial charge in [0.05, 0.1) is 6.10 Å². The van der Waals surface area contributed by atoms with Gasteiger partial charge in [-0.2, -0.15) is 0 Å². The van der Waals surface area contributed by atoms with Crippen LogP contribution in [0.3, 0.4) is 0 Å². The summed E-state index contributed by atoms with van der Waals surface area (Å²) in [7, 11) is 1.64. The van der Waals surface area contributed by atoms with Crippen molar-refractivity contribution < 1.29 is 18.3 Å². The van der Waals surface area contributed by atoms with Gasteiger partial charge in [0.25, 0.3) is 0 Å². The van der Waals surface area contributed by atoms with Crippen LogP contribution in [0.1, 0.15) is 23.2 Å². The summed E-state index contributed by atoms with van der Waals surface area (Å²) >= 11 is 0. The third-order valence-electron chi connectivity index (χ3n) is 3.27. The third kappa shape index (κ3) is 2.51. The fourth-order valence-electron chi connectivity index (χ4n) is 2.27. The van der Waals surface area contributed by atoms with Crippen LogP contribution in [0, 0.1) is 11.6 Å². The smallest absolute Gasteiger partial charge is 0.150 e. The van der Waals surface area contributed by atoms with Gasteiger partial charge in [-0.3, -0.25) is 4.79 Å². The molecule has 0 radical (unpaired) electrons. The molecule has 0 N–H and O–H groups in total. The van der Waals surface area contributed by atoms with Crippen LogP contribution in [-0.2, 0) is 4.74 Å². The highest BCUT2D eigenvalue weighted by atomic mass is 19.1. The number of halogens is 2. The summed E-state index contributed by atoms with van der Waals surface area (Å²) in [6, 6.07) is 2.13. The highest BCUT2D eigenvalue weighted by Crippen LogP contribution is 2.27. The number of piperidine rings is 1. The Morgan fingerprint density at radius 2 is 1.83 bits per heavy atom. The summed E-state index contributed by atoms with van der Waals surface area (Å²) in [5.41, 5.74) is -0.0318. The number of hydrogen-bond acceptors (Lipinski definition) is 3. The number of carbonyl (C=O) groups is 1. The van der Waals surface area contributed by atoms with Crippen molar-refractivity contribution in [3.8, 4) is 0 Å². The monoisotopic (exact) mass is 255 g/mol. The van der Waals surface area contributed by atoms with E-state index >= 15 is 0 Å². The zero-order chi connectivity index (χ0) is 13.1. The van der Waals surface area contributed by atoms with Gasteiger partial charge in [0.2, 0.25) is 0 Å². The first-order valence-electron chi connectivity index (χ1n) is 5.87. The van der Waals surface area contributed by atoms with Crippen molar-refractivity contribution >= 4 is 12.0 Å². The number of benzene rings is 1. The van der Waals surface area contributed by atoms with E-state index in [0.717, 1.165) is 25.0 Å². The first kappa shape index (κ1) is 13.0. The Labute approximate surface area is 104 Å². The largest absolute Gasteiger partial charge is 0.381 e. The molecule has 5 heteroatoms. The van der Waals surface area contributed by atoms with E-state index in [1.54, 1.807) is 12.0 Å². The average Bonchev–Trinajstić information content (AvgIpc) is 2.38. The summed E-state index contributed by atoms with van der Waals surface area (Å²) in [6.07, 6.45) is 2.07. The molecule has 0 bridgehead atoms. The van der Waals surface area contributed by atoms with Crippen molar-refractivity contribution in [1.29, 1.82) is 0 Å². The van der Waals surface area contributed by atoms with Crippen molar-refractivity contribution in [3.63, 3.8) is 0 Å². The lowest BCUT2D eigenvalue weighted by atomic mass is 10.1. The molecule has 1 fully saturated rings. The normalized spacial score (nSPS) is 16.9. The molecule has 1 aliphatic rings. The number of rotatable bonds is 3. The van der Waals surface area contributed by atoms with Gasteiger partial charge in [0.1, 0.15) is 23.6 Å². The van der Waals surface area contributed by atoms with Crippen LogP contribution >= 0.6 is 0 Å². The second-order valence-electron chi connectivity index (χ2n) is 4.37. The van der Waals surface area contributed by atoms with Crippen LogP contribution in [0.15, 0.2) is 12.1 Å². The van der Waals surface area contributed by atoms with Gasteiger partial charge < -0.3 is 9.64 Å². The minimum Gasteiger partial charge on any atom is -0.381 e. The molecular weight excluding hydrogens is 240 g/mol. The molecule has 1 aliphatic heterocycles. The Morgan fingerprint density at radius 3 is 2.28 bits per heavy atom. The standard InChI is InChI=1S/C13H15F2NO2/c1-18-10-2-4-16(5-3-10)13-11(14)6-9(8-17)7-12(13)15/h6-8,10H,2-5H2,1H3. The number of hydrogen-bond donors (Lipinski definition) is 0. The third-order valence-corrected chi connectivity index (χ3v) is 3.27. The first-order chi connectivity index (χ1) is 8.65. The molecule has 98 valence electrons. The molecular formula is C13H15F2NO2. The molecule has 0 aliphatic carbocycles. The van der Waals surface area contributed by atoms with Crippen molar-refractivity contribution in [2.75, 3.05) is 25.1 Å². The van der Waals surface area contributed by atoms with Gasteiger partial charge in [0, 0.05) is 25.8 Å². The topological polar surface area (TPSA) is 29.5 Å². The maximum atomic E-state index is 13.8. The maximum Gasteiger partial charge on any atom is 0.150 e.